The minimum absolute atomic E-state index is 0.0302. The third-order valence-corrected chi connectivity index (χ3v) is 5.40. The maximum atomic E-state index is 13.0. The Balaban J connectivity index is 1.77. The highest BCUT2D eigenvalue weighted by molar-refractivity contribution is 6.06. The second-order valence-electron chi connectivity index (χ2n) is 7.88. The summed E-state index contributed by atoms with van der Waals surface area (Å²) in [5.74, 6) is -0.133. The molecule has 0 aromatic heterocycles. The molecule has 154 valence electrons. The van der Waals surface area contributed by atoms with Crippen molar-refractivity contribution in [1.82, 2.24) is 4.90 Å². The molecular formula is C24H31N3O2. The van der Waals surface area contributed by atoms with Gasteiger partial charge in [0.2, 0.25) is 0 Å². The minimum atomic E-state index is -0.163. The van der Waals surface area contributed by atoms with E-state index >= 15 is 0 Å². The average Bonchev–Trinajstić information content (AvgIpc) is 3.26. The Morgan fingerprint density at radius 1 is 1.03 bits per heavy atom. The Bertz CT molecular complexity index is 853. The van der Waals surface area contributed by atoms with E-state index in [-0.39, 0.29) is 11.8 Å². The Morgan fingerprint density at radius 3 is 2.34 bits per heavy atom. The van der Waals surface area contributed by atoms with E-state index in [1.54, 1.807) is 6.07 Å². The molecule has 1 N–H and O–H groups in total. The summed E-state index contributed by atoms with van der Waals surface area (Å²) in [5.41, 5.74) is 3.99. The van der Waals surface area contributed by atoms with Gasteiger partial charge in [0, 0.05) is 44.1 Å². The number of carbonyl (C=O) groups excluding carboxylic acids is 2. The number of carbonyl (C=O) groups is 2. The van der Waals surface area contributed by atoms with Crippen LogP contribution in [0.5, 0.6) is 0 Å². The number of unbranched alkanes of at least 4 members (excludes halogenated alkanes) is 1. The average molecular weight is 394 g/mol. The second-order valence-corrected chi connectivity index (χ2v) is 7.88. The second kappa shape index (κ2) is 9.59. The fourth-order valence-electron chi connectivity index (χ4n) is 3.67. The summed E-state index contributed by atoms with van der Waals surface area (Å²) in [6, 6.07) is 13.3. The molecular weight excluding hydrogens is 362 g/mol. The molecule has 1 heterocycles. The number of hydrogen-bond donors (Lipinski definition) is 1. The van der Waals surface area contributed by atoms with Crippen LogP contribution in [0.4, 0.5) is 11.4 Å². The van der Waals surface area contributed by atoms with E-state index in [9.17, 15) is 9.59 Å². The van der Waals surface area contributed by atoms with Crippen molar-refractivity contribution in [3.63, 3.8) is 0 Å². The molecule has 0 unspecified atom stereocenters. The fraction of sp³-hybridized carbons (Fsp3) is 0.417. The van der Waals surface area contributed by atoms with Crippen molar-refractivity contribution in [2.24, 2.45) is 0 Å². The molecule has 2 aromatic rings. The standard InChI is InChI=1S/C24H31N3O2/c1-4-5-8-18-9-11-19(12-10-18)23(28)25-20-13-14-22(26(2)3)21(17-20)24(29)27-15-6-7-16-27/h9-14,17H,4-8,15-16H2,1-3H3,(H,25,28). The minimum Gasteiger partial charge on any atom is -0.377 e. The molecule has 0 atom stereocenters. The van der Waals surface area contributed by atoms with Gasteiger partial charge in [0.25, 0.3) is 11.8 Å². The third-order valence-electron chi connectivity index (χ3n) is 5.40. The van der Waals surface area contributed by atoms with E-state index in [4.69, 9.17) is 0 Å². The van der Waals surface area contributed by atoms with Crippen molar-refractivity contribution >= 4 is 23.2 Å². The van der Waals surface area contributed by atoms with Gasteiger partial charge in [-0.2, -0.15) is 0 Å². The van der Waals surface area contributed by atoms with E-state index in [1.165, 1.54) is 5.56 Å². The molecule has 1 aliphatic rings. The topological polar surface area (TPSA) is 52.7 Å². The van der Waals surface area contributed by atoms with Crippen molar-refractivity contribution < 1.29 is 9.59 Å². The van der Waals surface area contributed by atoms with Gasteiger partial charge in [-0.15, -0.1) is 0 Å². The van der Waals surface area contributed by atoms with Crippen LogP contribution in [0.25, 0.3) is 0 Å². The van der Waals surface area contributed by atoms with Crippen LogP contribution >= 0.6 is 0 Å². The first-order valence-electron chi connectivity index (χ1n) is 10.5. The molecule has 0 aliphatic carbocycles. The van der Waals surface area contributed by atoms with E-state index < -0.39 is 0 Å². The number of anilines is 2. The zero-order valence-corrected chi connectivity index (χ0v) is 17.7. The van der Waals surface area contributed by atoms with Crippen molar-refractivity contribution in [1.29, 1.82) is 0 Å². The molecule has 1 aliphatic heterocycles. The maximum Gasteiger partial charge on any atom is 0.256 e. The van der Waals surface area contributed by atoms with E-state index in [0.717, 1.165) is 50.9 Å². The Hall–Kier alpha value is -2.82. The van der Waals surface area contributed by atoms with E-state index in [1.807, 2.05) is 60.3 Å². The number of amides is 2. The molecule has 0 spiro atoms. The third kappa shape index (κ3) is 5.17. The number of likely N-dealkylation sites (tertiary alicyclic amines) is 1. The summed E-state index contributed by atoms with van der Waals surface area (Å²) in [4.78, 5) is 29.5. The maximum absolute atomic E-state index is 13.0. The van der Waals surface area contributed by atoms with Gasteiger partial charge in [-0.1, -0.05) is 25.5 Å². The number of nitrogens with zero attached hydrogens (tertiary/aromatic N) is 2. The van der Waals surface area contributed by atoms with Crippen LogP contribution in [0.2, 0.25) is 0 Å². The Kier molecular flexibility index (Phi) is 6.91. The van der Waals surface area contributed by atoms with E-state index in [2.05, 4.69) is 12.2 Å². The molecule has 1 fully saturated rings. The predicted octanol–water partition coefficient (Wildman–Crippen LogP) is 4.58. The number of rotatable bonds is 7. The smallest absolute Gasteiger partial charge is 0.256 e. The zero-order chi connectivity index (χ0) is 20.8. The van der Waals surface area contributed by atoms with Gasteiger partial charge in [-0.3, -0.25) is 9.59 Å². The molecule has 5 heteroatoms. The molecule has 0 bridgehead atoms. The van der Waals surface area contributed by atoms with Crippen molar-refractivity contribution in [3.8, 4) is 0 Å². The van der Waals surface area contributed by atoms with Crippen LogP contribution in [-0.4, -0.2) is 43.9 Å². The Morgan fingerprint density at radius 2 is 1.72 bits per heavy atom. The largest absolute Gasteiger partial charge is 0.377 e. The highest BCUT2D eigenvalue weighted by Crippen LogP contribution is 2.26. The lowest BCUT2D eigenvalue weighted by atomic mass is 10.1. The van der Waals surface area contributed by atoms with Crippen molar-refractivity contribution in [3.05, 3.63) is 59.2 Å². The lowest BCUT2D eigenvalue weighted by molar-refractivity contribution is 0.0793. The van der Waals surface area contributed by atoms with Gasteiger partial charge in [-0.05, 0) is 61.6 Å². The van der Waals surface area contributed by atoms with Gasteiger partial charge in [0.15, 0.2) is 0 Å². The molecule has 1 saturated heterocycles. The summed E-state index contributed by atoms with van der Waals surface area (Å²) >= 11 is 0. The van der Waals surface area contributed by atoms with Gasteiger partial charge in [0.1, 0.15) is 0 Å². The SMILES string of the molecule is CCCCc1ccc(C(=O)Nc2ccc(N(C)C)c(C(=O)N3CCCC3)c2)cc1. The highest BCUT2D eigenvalue weighted by atomic mass is 16.2. The van der Waals surface area contributed by atoms with Gasteiger partial charge in [0.05, 0.1) is 5.56 Å². The van der Waals surface area contributed by atoms with E-state index in [0.29, 0.717) is 16.8 Å². The number of aryl methyl sites for hydroxylation is 1. The summed E-state index contributed by atoms with van der Waals surface area (Å²) < 4.78 is 0. The monoisotopic (exact) mass is 393 g/mol. The summed E-state index contributed by atoms with van der Waals surface area (Å²) in [6.07, 6.45) is 5.44. The van der Waals surface area contributed by atoms with Crippen molar-refractivity contribution in [2.75, 3.05) is 37.4 Å². The number of nitrogens with one attached hydrogen (secondary N) is 1. The summed E-state index contributed by atoms with van der Waals surface area (Å²) in [7, 11) is 3.85. The molecule has 29 heavy (non-hydrogen) atoms. The van der Waals surface area contributed by atoms with Crippen molar-refractivity contribution in [2.45, 2.75) is 39.0 Å². The lowest BCUT2D eigenvalue weighted by Gasteiger charge is -2.22. The first kappa shape index (κ1) is 20.9. The van der Waals surface area contributed by atoms with Crippen LogP contribution in [0.15, 0.2) is 42.5 Å². The fourth-order valence-corrected chi connectivity index (χ4v) is 3.67. The van der Waals surface area contributed by atoms with Gasteiger partial charge in [-0.25, -0.2) is 0 Å². The van der Waals surface area contributed by atoms with Gasteiger partial charge < -0.3 is 15.1 Å². The highest BCUT2D eigenvalue weighted by Gasteiger charge is 2.23. The van der Waals surface area contributed by atoms with Crippen LogP contribution in [0.3, 0.4) is 0 Å². The first-order chi connectivity index (χ1) is 14.0. The van der Waals surface area contributed by atoms with Crippen LogP contribution in [0.1, 0.15) is 58.9 Å². The normalized spacial score (nSPS) is 13.4. The first-order valence-corrected chi connectivity index (χ1v) is 10.5. The molecule has 2 aromatic carbocycles. The van der Waals surface area contributed by atoms with Crippen LogP contribution < -0.4 is 10.2 Å². The van der Waals surface area contributed by atoms with Crippen LogP contribution in [-0.2, 0) is 6.42 Å². The predicted molar refractivity (Wildman–Crippen MR) is 119 cm³/mol. The zero-order valence-electron chi connectivity index (χ0n) is 17.7. The molecule has 0 radical (unpaired) electrons. The number of benzene rings is 2. The summed E-state index contributed by atoms with van der Waals surface area (Å²) in [6.45, 7) is 3.77. The summed E-state index contributed by atoms with van der Waals surface area (Å²) in [5, 5.41) is 2.94. The Labute approximate surface area is 173 Å². The molecule has 2 amide bonds. The van der Waals surface area contributed by atoms with Gasteiger partial charge >= 0.3 is 0 Å². The molecule has 0 saturated carbocycles. The lowest BCUT2D eigenvalue weighted by Crippen LogP contribution is -2.29. The molecule has 5 nitrogen and oxygen atoms in total. The van der Waals surface area contributed by atoms with Crippen LogP contribution in [0, 0.1) is 0 Å². The quantitative estimate of drug-likeness (QED) is 0.749. The number of hydrogen-bond acceptors (Lipinski definition) is 3. The molecule has 3 rings (SSSR count).